The lowest BCUT2D eigenvalue weighted by Crippen LogP contribution is -2.32. The fraction of sp³-hybridized carbons (Fsp3) is 0.308. The molecule has 100 valence electrons. The molecule has 0 fully saturated rings. The smallest absolute Gasteiger partial charge is 0.189 e. The number of hydrogen-bond donors (Lipinski definition) is 2. The van der Waals surface area contributed by atoms with Crippen molar-refractivity contribution in [2.24, 2.45) is 10.7 Å². The topological polar surface area (TPSA) is 50.4 Å². The quantitative estimate of drug-likeness (QED) is 0.307. The van der Waals surface area contributed by atoms with Crippen molar-refractivity contribution in [1.29, 1.82) is 0 Å². The molecule has 0 heterocycles. The van der Waals surface area contributed by atoms with Gasteiger partial charge in [0.15, 0.2) is 5.96 Å². The highest BCUT2D eigenvalue weighted by Crippen LogP contribution is 2.13. The van der Waals surface area contributed by atoms with Crippen LogP contribution in [0.1, 0.15) is 18.1 Å². The van der Waals surface area contributed by atoms with Crippen LogP contribution in [0.2, 0.25) is 0 Å². The van der Waals surface area contributed by atoms with E-state index in [2.05, 4.69) is 64.6 Å². The SMILES string of the molecule is C=C(C)CNC(N)=NCc1ccc(I)c(C)c1.I. The van der Waals surface area contributed by atoms with Crippen LogP contribution in [0.4, 0.5) is 0 Å². The Kier molecular flexibility index (Phi) is 8.58. The number of aliphatic imine (C=N–C) groups is 1. The fourth-order valence-corrected chi connectivity index (χ4v) is 1.61. The van der Waals surface area contributed by atoms with Crippen LogP contribution in [-0.2, 0) is 6.54 Å². The maximum Gasteiger partial charge on any atom is 0.189 e. The first kappa shape index (κ1) is 17.7. The fourth-order valence-electron chi connectivity index (χ4n) is 1.28. The van der Waals surface area contributed by atoms with Gasteiger partial charge < -0.3 is 11.1 Å². The van der Waals surface area contributed by atoms with E-state index in [0.717, 1.165) is 5.57 Å². The highest BCUT2D eigenvalue weighted by Gasteiger charge is 1.97. The highest BCUT2D eigenvalue weighted by atomic mass is 127. The Labute approximate surface area is 139 Å². The molecule has 0 aromatic heterocycles. The maximum absolute atomic E-state index is 5.73. The molecule has 5 heteroatoms. The van der Waals surface area contributed by atoms with E-state index in [0.29, 0.717) is 19.0 Å². The van der Waals surface area contributed by atoms with E-state index in [9.17, 15) is 0 Å². The molecule has 0 radical (unpaired) electrons. The van der Waals surface area contributed by atoms with Crippen molar-refractivity contribution in [2.75, 3.05) is 6.54 Å². The summed E-state index contributed by atoms with van der Waals surface area (Å²) in [6.45, 7) is 9.11. The Morgan fingerprint density at radius 3 is 2.72 bits per heavy atom. The second kappa shape index (κ2) is 8.73. The van der Waals surface area contributed by atoms with Gasteiger partial charge in [-0.15, -0.1) is 24.0 Å². The molecule has 0 spiro atoms. The van der Waals surface area contributed by atoms with Gasteiger partial charge >= 0.3 is 0 Å². The van der Waals surface area contributed by atoms with Crippen LogP contribution in [-0.4, -0.2) is 12.5 Å². The lowest BCUT2D eigenvalue weighted by molar-refractivity contribution is 0.939. The summed E-state index contributed by atoms with van der Waals surface area (Å²) in [5, 5.41) is 3.01. The van der Waals surface area contributed by atoms with Gasteiger partial charge in [0.25, 0.3) is 0 Å². The molecule has 0 saturated carbocycles. The molecule has 0 aliphatic rings. The van der Waals surface area contributed by atoms with Gasteiger partial charge in [0.05, 0.1) is 6.54 Å². The maximum atomic E-state index is 5.73. The van der Waals surface area contributed by atoms with Crippen LogP contribution in [0.15, 0.2) is 35.3 Å². The van der Waals surface area contributed by atoms with E-state index < -0.39 is 0 Å². The summed E-state index contributed by atoms with van der Waals surface area (Å²) in [6, 6.07) is 6.31. The van der Waals surface area contributed by atoms with E-state index in [1.165, 1.54) is 14.7 Å². The number of rotatable bonds is 4. The summed E-state index contributed by atoms with van der Waals surface area (Å²) in [5.74, 6) is 0.462. The summed E-state index contributed by atoms with van der Waals surface area (Å²) in [6.07, 6.45) is 0. The van der Waals surface area contributed by atoms with Gasteiger partial charge in [-0.2, -0.15) is 0 Å². The average molecular weight is 471 g/mol. The van der Waals surface area contributed by atoms with Crippen molar-refractivity contribution in [1.82, 2.24) is 5.32 Å². The predicted molar refractivity (Wildman–Crippen MR) is 97.5 cm³/mol. The van der Waals surface area contributed by atoms with Gasteiger partial charge in [-0.05, 0) is 53.6 Å². The standard InChI is InChI=1S/C13H18IN3.HI/c1-9(2)7-16-13(15)17-8-11-4-5-12(14)10(3)6-11;/h4-6H,1,7-8H2,2-3H3,(H3,15,16,17);1H. The second-order valence-electron chi connectivity index (χ2n) is 4.10. The molecule has 1 aromatic carbocycles. The summed E-state index contributed by atoms with van der Waals surface area (Å²) in [7, 11) is 0. The van der Waals surface area contributed by atoms with Crippen LogP contribution in [0.5, 0.6) is 0 Å². The molecule has 3 nitrogen and oxygen atoms in total. The summed E-state index contributed by atoms with van der Waals surface area (Å²) < 4.78 is 1.27. The summed E-state index contributed by atoms with van der Waals surface area (Å²) in [4.78, 5) is 4.28. The Morgan fingerprint density at radius 1 is 1.50 bits per heavy atom. The lowest BCUT2D eigenvalue weighted by atomic mass is 10.1. The van der Waals surface area contributed by atoms with Gasteiger partial charge in [0.1, 0.15) is 0 Å². The molecule has 0 atom stereocenters. The first-order valence-corrected chi connectivity index (χ1v) is 6.50. The zero-order valence-corrected chi connectivity index (χ0v) is 15.2. The molecule has 0 bridgehead atoms. The second-order valence-corrected chi connectivity index (χ2v) is 5.26. The molecule has 3 N–H and O–H groups in total. The Morgan fingerprint density at radius 2 is 2.17 bits per heavy atom. The summed E-state index contributed by atoms with van der Waals surface area (Å²) >= 11 is 2.32. The minimum absolute atomic E-state index is 0. The highest BCUT2D eigenvalue weighted by molar-refractivity contribution is 14.1. The Balaban J connectivity index is 0.00000289. The monoisotopic (exact) mass is 471 g/mol. The molecular weight excluding hydrogens is 452 g/mol. The number of nitrogens with two attached hydrogens (primary N) is 1. The number of halogens is 2. The third-order valence-electron chi connectivity index (χ3n) is 2.23. The number of nitrogens with zero attached hydrogens (tertiary/aromatic N) is 1. The van der Waals surface area contributed by atoms with Crippen LogP contribution >= 0.6 is 46.6 Å². The zero-order chi connectivity index (χ0) is 12.8. The van der Waals surface area contributed by atoms with Crippen molar-refractivity contribution in [2.45, 2.75) is 20.4 Å². The Bertz CT molecular complexity index is 442. The molecule has 18 heavy (non-hydrogen) atoms. The van der Waals surface area contributed by atoms with Crippen molar-refractivity contribution in [3.63, 3.8) is 0 Å². The molecule has 0 unspecified atom stereocenters. The van der Waals surface area contributed by atoms with Gasteiger partial charge in [-0.25, -0.2) is 4.99 Å². The van der Waals surface area contributed by atoms with E-state index in [1.807, 2.05) is 6.92 Å². The average Bonchev–Trinajstić information content (AvgIpc) is 2.28. The normalized spacial score (nSPS) is 10.7. The first-order chi connectivity index (χ1) is 7.99. The van der Waals surface area contributed by atoms with Gasteiger partial charge in [0, 0.05) is 10.1 Å². The third kappa shape index (κ3) is 6.58. The van der Waals surface area contributed by atoms with Crippen molar-refractivity contribution < 1.29 is 0 Å². The lowest BCUT2D eigenvalue weighted by Gasteiger charge is -2.05. The molecule has 1 aromatic rings. The Hall–Kier alpha value is -0.310. The molecule has 1 rings (SSSR count). The van der Waals surface area contributed by atoms with Crippen LogP contribution < -0.4 is 11.1 Å². The minimum Gasteiger partial charge on any atom is -0.370 e. The third-order valence-corrected chi connectivity index (χ3v) is 3.44. The molecule has 0 saturated heterocycles. The van der Waals surface area contributed by atoms with Crippen molar-refractivity contribution >= 4 is 52.5 Å². The number of hydrogen-bond acceptors (Lipinski definition) is 1. The number of guanidine groups is 1. The molecule has 0 amide bonds. The van der Waals surface area contributed by atoms with Crippen LogP contribution in [0.3, 0.4) is 0 Å². The van der Waals surface area contributed by atoms with Crippen LogP contribution in [0.25, 0.3) is 0 Å². The van der Waals surface area contributed by atoms with Crippen LogP contribution in [0, 0.1) is 10.5 Å². The van der Waals surface area contributed by atoms with Crippen molar-refractivity contribution in [3.8, 4) is 0 Å². The largest absolute Gasteiger partial charge is 0.370 e. The van der Waals surface area contributed by atoms with Crippen molar-refractivity contribution in [3.05, 3.63) is 45.0 Å². The van der Waals surface area contributed by atoms with Gasteiger partial charge in [0.2, 0.25) is 0 Å². The zero-order valence-electron chi connectivity index (χ0n) is 10.7. The minimum atomic E-state index is 0. The molecule has 0 aliphatic heterocycles. The van der Waals surface area contributed by atoms with Gasteiger partial charge in [-0.1, -0.05) is 24.3 Å². The van der Waals surface area contributed by atoms with Gasteiger partial charge in [-0.3, -0.25) is 0 Å². The van der Waals surface area contributed by atoms with E-state index >= 15 is 0 Å². The van der Waals surface area contributed by atoms with E-state index in [4.69, 9.17) is 5.73 Å². The number of nitrogens with one attached hydrogen (secondary N) is 1. The summed E-state index contributed by atoms with van der Waals surface area (Å²) in [5.41, 5.74) is 9.21. The molecule has 0 aliphatic carbocycles. The van der Waals surface area contributed by atoms with E-state index in [-0.39, 0.29) is 24.0 Å². The number of aryl methyl sites for hydroxylation is 1. The predicted octanol–water partition coefficient (Wildman–Crippen LogP) is 3.20. The number of benzene rings is 1. The first-order valence-electron chi connectivity index (χ1n) is 5.42. The van der Waals surface area contributed by atoms with E-state index in [1.54, 1.807) is 0 Å². The molecular formula is C13H19I2N3.